The molecule has 0 aliphatic rings. The maximum Gasteiger partial charge on any atom is 0.276 e. The number of benzene rings is 2. The van der Waals surface area contributed by atoms with Crippen LogP contribution in [0.3, 0.4) is 0 Å². The lowest BCUT2D eigenvalue weighted by Crippen LogP contribution is -2.13. The highest BCUT2D eigenvalue weighted by Gasteiger charge is 2.13. The van der Waals surface area contributed by atoms with Gasteiger partial charge >= 0.3 is 0 Å². The summed E-state index contributed by atoms with van der Waals surface area (Å²) in [5.74, 6) is -1.69. The molecule has 0 fully saturated rings. The van der Waals surface area contributed by atoms with Gasteiger partial charge in [0, 0.05) is 11.9 Å². The number of halogens is 2. The van der Waals surface area contributed by atoms with Crippen molar-refractivity contribution in [3.63, 3.8) is 0 Å². The Labute approximate surface area is 135 Å². The Bertz CT molecular complexity index is 959. The average Bonchev–Trinajstić information content (AvgIpc) is 3.07. The quantitative estimate of drug-likeness (QED) is 0.804. The molecule has 0 aliphatic carbocycles. The number of para-hydroxylation sites is 1. The number of carbonyl (C=O) groups excluding carboxylic acids is 1. The molecule has 0 atom stereocenters. The van der Waals surface area contributed by atoms with Gasteiger partial charge in [0.05, 0.1) is 5.56 Å². The molecule has 1 amide bonds. The molecule has 3 aromatic rings. The molecule has 0 saturated carbocycles. The molecule has 1 aromatic heterocycles. The second-order valence-electron chi connectivity index (χ2n) is 4.86. The van der Waals surface area contributed by atoms with Gasteiger partial charge in [-0.25, -0.2) is 13.5 Å². The molecule has 0 aliphatic heterocycles. The third-order valence-corrected chi connectivity index (χ3v) is 3.27. The monoisotopic (exact) mass is 324 g/mol. The van der Waals surface area contributed by atoms with Gasteiger partial charge in [-0.05, 0) is 36.4 Å². The number of rotatable bonds is 3. The summed E-state index contributed by atoms with van der Waals surface area (Å²) in [5.41, 5.74) is 0.356. The van der Waals surface area contributed by atoms with Gasteiger partial charge in [0.25, 0.3) is 5.91 Å². The van der Waals surface area contributed by atoms with Gasteiger partial charge < -0.3 is 5.32 Å². The van der Waals surface area contributed by atoms with Crippen LogP contribution in [0, 0.1) is 23.0 Å². The van der Waals surface area contributed by atoms with E-state index in [1.165, 1.54) is 41.2 Å². The lowest BCUT2D eigenvalue weighted by atomic mass is 10.2. The van der Waals surface area contributed by atoms with Gasteiger partial charge in [0.1, 0.15) is 23.4 Å². The Morgan fingerprint density at radius 1 is 1.12 bits per heavy atom. The Hall–Kier alpha value is -3.53. The first-order chi connectivity index (χ1) is 11.6. The minimum atomic E-state index is -0.667. The molecule has 5 nitrogen and oxygen atoms in total. The number of nitriles is 1. The number of aromatic nitrogens is 2. The Morgan fingerprint density at radius 3 is 2.67 bits per heavy atom. The van der Waals surface area contributed by atoms with Gasteiger partial charge in [-0.1, -0.05) is 12.1 Å². The first-order valence-electron chi connectivity index (χ1n) is 6.90. The van der Waals surface area contributed by atoms with Crippen LogP contribution < -0.4 is 5.32 Å². The Kier molecular flexibility index (Phi) is 4.03. The van der Waals surface area contributed by atoms with Crippen LogP contribution in [0.1, 0.15) is 16.1 Å². The second-order valence-corrected chi connectivity index (χ2v) is 4.86. The molecule has 118 valence electrons. The van der Waals surface area contributed by atoms with Crippen molar-refractivity contribution in [3.8, 4) is 11.8 Å². The summed E-state index contributed by atoms with van der Waals surface area (Å²) in [5, 5.41) is 15.3. The highest BCUT2D eigenvalue weighted by molar-refractivity contribution is 6.02. The van der Waals surface area contributed by atoms with Crippen LogP contribution in [0.25, 0.3) is 5.69 Å². The van der Waals surface area contributed by atoms with Crippen LogP contribution in [-0.2, 0) is 0 Å². The molecule has 1 N–H and O–H groups in total. The van der Waals surface area contributed by atoms with Crippen LogP contribution >= 0.6 is 0 Å². The number of amides is 1. The molecule has 2 aromatic carbocycles. The van der Waals surface area contributed by atoms with Crippen molar-refractivity contribution >= 4 is 11.6 Å². The summed E-state index contributed by atoms with van der Waals surface area (Å²) in [6, 6.07) is 12.8. The van der Waals surface area contributed by atoms with Crippen molar-refractivity contribution in [3.05, 3.63) is 77.6 Å². The minimum Gasteiger partial charge on any atom is -0.321 e. The van der Waals surface area contributed by atoms with Gasteiger partial charge in [-0.2, -0.15) is 10.4 Å². The fourth-order valence-electron chi connectivity index (χ4n) is 2.10. The van der Waals surface area contributed by atoms with Gasteiger partial charge in [0.2, 0.25) is 0 Å². The second kappa shape index (κ2) is 6.30. The highest BCUT2D eigenvalue weighted by Crippen LogP contribution is 2.16. The van der Waals surface area contributed by atoms with Crippen LogP contribution in [0.4, 0.5) is 14.5 Å². The summed E-state index contributed by atoms with van der Waals surface area (Å²) in [4.78, 5) is 12.2. The van der Waals surface area contributed by atoms with E-state index in [0.29, 0.717) is 0 Å². The maximum atomic E-state index is 13.7. The van der Waals surface area contributed by atoms with Gasteiger partial charge in [0.15, 0.2) is 5.69 Å². The predicted octanol–water partition coefficient (Wildman–Crippen LogP) is 3.27. The highest BCUT2D eigenvalue weighted by atomic mass is 19.1. The first kappa shape index (κ1) is 15.4. The fraction of sp³-hybridized carbons (Fsp3) is 0. The van der Waals surface area contributed by atoms with Crippen LogP contribution in [0.15, 0.2) is 54.7 Å². The zero-order valence-corrected chi connectivity index (χ0v) is 12.2. The largest absolute Gasteiger partial charge is 0.321 e. The van der Waals surface area contributed by atoms with E-state index >= 15 is 0 Å². The predicted molar refractivity (Wildman–Crippen MR) is 82.6 cm³/mol. The third kappa shape index (κ3) is 2.98. The van der Waals surface area contributed by atoms with Crippen LogP contribution in [0.2, 0.25) is 0 Å². The molecule has 0 spiro atoms. The van der Waals surface area contributed by atoms with Crippen molar-refractivity contribution in [2.45, 2.75) is 0 Å². The summed E-state index contributed by atoms with van der Waals surface area (Å²) < 4.78 is 28.2. The lowest BCUT2D eigenvalue weighted by Gasteiger charge is -2.04. The summed E-state index contributed by atoms with van der Waals surface area (Å²) in [6.07, 6.45) is 1.46. The molecule has 3 rings (SSSR count). The van der Waals surface area contributed by atoms with E-state index in [0.717, 1.165) is 6.07 Å². The summed E-state index contributed by atoms with van der Waals surface area (Å²) >= 11 is 0. The Balaban J connectivity index is 1.82. The number of nitrogens with zero attached hydrogens (tertiary/aromatic N) is 3. The van der Waals surface area contributed by atoms with E-state index in [9.17, 15) is 13.6 Å². The molecular formula is C17H10F2N4O. The van der Waals surface area contributed by atoms with E-state index in [4.69, 9.17) is 5.26 Å². The molecule has 0 unspecified atom stereocenters. The maximum absolute atomic E-state index is 13.7. The van der Waals surface area contributed by atoms with E-state index in [-0.39, 0.29) is 22.6 Å². The smallest absolute Gasteiger partial charge is 0.276 e. The lowest BCUT2D eigenvalue weighted by molar-refractivity contribution is 0.102. The molecule has 7 heteroatoms. The molecule has 24 heavy (non-hydrogen) atoms. The molecule has 0 radical (unpaired) electrons. The number of carbonyl (C=O) groups is 1. The van der Waals surface area contributed by atoms with E-state index < -0.39 is 17.5 Å². The van der Waals surface area contributed by atoms with Crippen molar-refractivity contribution in [1.29, 1.82) is 5.26 Å². The van der Waals surface area contributed by atoms with E-state index in [1.54, 1.807) is 18.2 Å². The molecule has 0 saturated heterocycles. The van der Waals surface area contributed by atoms with E-state index in [1.807, 2.05) is 0 Å². The molecular weight excluding hydrogens is 314 g/mol. The van der Waals surface area contributed by atoms with Crippen LogP contribution in [-0.4, -0.2) is 15.7 Å². The van der Waals surface area contributed by atoms with Crippen molar-refractivity contribution in [1.82, 2.24) is 9.78 Å². The Morgan fingerprint density at radius 2 is 1.92 bits per heavy atom. The standard InChI is InChI=1S/C17H10F2N4O/c18-13-6-5-12(9-11(13)10-20)21-17(24)15-7-8-23(22-15)16-4-2-1-3-14(16)19/h1-9H,(H,21,24). The molecule has 0 bridgehead atoms. The normalized spacial score (nSPS) is 10.2. The van der Waals surface area contributed by atoms with E-state index in [2.05, 4.69) is 10.4 Å². The van der Waals surface area contributed by atoms with Crippen molar-refractivity contribution in [2.24, 2.45) is 0 Å². The SMILES string of the molecule is N#Cc1cc(NC(=O)c2ccn(-c3ccccc3F)n2)ccc1F. The fourth-order valence-corrected chi connectivity index (χ4v) is 2.10. The third-order valence-electron chi connectivity index (χ3n) is 3.27. The number of hydrogen-bond acceptors (Lipinski definition) is 3. The topological polar surface area (TPSA) is 70.7 Å². The first-order valence-corrected chi connectivity index (χ1v) is 6.90. The van der Waals surface area contributed by atoms with Gasteiger partial charge in [-0.3, -0.25) is 4.79 Å². The van der Waals surface area contributed by atoms with Crippen LogP contribution in [0.5, 0.6) is 0 Å². The number of hydrogen-bond donors (Lipinski definition) is 1. The average molecular weight is 324 g/mol. The number of nitrogens with one attached hydrogen (secondary N) is 1. The molecule has 1 heterocycles. The summed E-state index contributed by atoms with van der Waals surface area (Å²) in [7, 11) is 0. The minimum absolute atomic E-state index is 0.0566. The summed E-state index contributed by atoms with van der Waals surface area (Å²) in [6.45, 7) is 0. The van der Waals surface area contributed by atoms with Gasteiger partial charge in [-0.15, -0.1) is 0 Å². The van der Waals surface area contributed by atoms with Crippen molar-refractivity contribution in [2.75, 3.05) is 5.32 Å². The zero-order valence-electron chi connectivity index (χ0n) is 12.2. The number of anilines is 1. The zero-order chi connectivity index (χ0) is 17.1. The van der Waals surface area contributed by atoms with Crippen molar-refractivity contribution < 1.29 is 13.6 Å².